The number of hydrogen-bond donors (Lipinski definition) is 1. The molecule has 1 fully saturated rings. The average Bonchev–Trinajstić information content (AvgIpc) is 2.71. The monoisotopic (exact) mass is 264 g/mol. The van der Waals surface area contributed by atoms with Crippen LogP contribution in [0.1, 0.15) is 37.8 Å². The van der Waals surface area contributed by atoms with Crippen LogP contribution in [-0.4, -0.2) is 10.7 Å². The van der Waals surface area contributed by atoms with Gasteiger partial charge in [-0.25, -0.2) is 0 Å². The first-order valence-corrected chi connectivity index (χ1v) is 7.37. The lowest BCUT2D eigenvalue weighted by atomic mass is 9.88. The molecule has 2 aromatic carbocycles. The van der Waals surface area contributed by atoms with E-state index in [4.69, 9.17) is 0 Å². The Hall–Kier alpha value is -1.60. The minimum absolute atomic E-state index is 0.0256. The van der Waals surface area contributed by atoms with E-state index >= 15 is 0 Å². The van der Waals surface area contributed by atoms with Crippen molar-refractivity contribution in [3.8, 4) is 11.1 Å². The summed E-state index contributed by atoms with van der Waals surface area (Å²) >= 11 is 0. The van der Waals surface area contributed by atoms with Gasteiger partial charge in [0.15, 0.2) is 0 Å². The van der Waals surface area contributed by atoms with Gasteiger partial charge in [-0.1, -0.05) is 62.4 Å². The molecule has 1 saturated carbocycles. The summed E-state index contributed by atoms with van der Waals surface area (Å²) in [4.78, 5) is 0. The second kappa shape index (κ2) is 3.53. The number of benzene rings is 2. The highest BCUT2D eigenvalue weighted by Gasteiger charge is 2.70. The van der Waals surface area contributed by atoms with Gasteiger partial charge >= 0.3 is 0 Å². The van der Waals surface area contributed by atoms with Crippen molar-refractivity contribution in [2.45, 2.75) is 32.3 Å². The zero-order valence-corrected chi connectivity index (χ0v) is 12.2. The molecule has 0 amide bonds. The van der Waals surface area contributed by atoms with Gasteiger partial charge in [0.25, 0.3) is 0 Å². The lowest BCUT2D eigenvalue weighted by Gasteiger charge is -2.15. The van der Waals surface area contributed by atoms with Gasteiger partial charge < -0.3 is 5.11 Å². The highest BCUT2D eigenvalue weighted by Crippen LogP contribution is 2.70. The van der Waals surface area contributed by atoms with Crippen LogP contribution in [0.2, 0.25) is 0 Å². The van der Waals surface area contributed by atoms with Crippen LogP contribution >= 0.6 is 0 Å². The van der Waals surface area contributed by atoms with E-state index in [1.165, 1.54) is 22.3 Å². The first kappa shape index (κ1) is 12.2. The topological polar surface area (TPSA) is 20.2 Å². The summed E-state index contributed by atoms with van der Waals surface area (Å²) in [7, 11) is 0. The van der Waals surface area contributed by atoms with Crippen molar-refractivity contribution in [1.82, 2.24) is 0 Å². The Labute approximate surface area is 120 Å². The second-order valence-electron chi connectivity index (χ2n) is 7.00. The molecule has 0 radical (unpaired) electrons. The predicted molar refractivity (Wildman–Crippen MR) is 81.6 cm³/mol. The fourth-order valence-corrected chi connectivity index (χ4v) is 4.30. The lowest BCUT2D eigenvalue weighted by Crippen LogP contribution is -2.11. The molecule has 0 unspecified atom stereocenters. The van der Waals surface area contributed by atoms with Gasteiger partial charge in [-0.05, 0) is 29.2 Å². The first-order chi connectivity index (χ1) is 9.46. The van der Waals surface area contributed by atoms with E-state index in [0.717, 1.165) is 0 Å². The SMILES string of the molecule is CC1(C)[C@@H](C2c3ccccc3-c3ccccc32)[C@]1(C)O. The molecule has 0 bridgehead atoms. The molecule has 0 saturated heterocycles. The molecule has 0 heterocycles. The summed E-state index contributed by atoms with van der Waals surface area (Å²) < 4.78 is 0. The maximum absolute atomic E-state index is 10.7. The smallest absolute Gasteiger partial charge is 0.0717 e. The van der Waals surface area contributed by atoms with Crippen molar-refractivity contribution in [3.63, 3.8) is 0 Å². The van der Waals surface area contributed by atoms with Crippen LogP contribution in [0.5, 0.6) is 0 Å². The number of rotatable bonds is 1. The van der Waals surface area contributed by atoms with E-state index in [1.54, 1.807) is 0 Å². The number of fused-ring (bicyclic) bond motifs is 3. The third-order valence-corrected chi connectivity index (χ3v) is 5.82. The Morgan fingerprint density at radius 2 is 1.20 bits per heavy atom. The molecule has 0 spiro atoms. The summed E-state index contributed by atoms with van der Waals surface area (Å²) in [6, 6.07) is 17.3. The highest BCUT2D eigenvalue weighted by molar-refractivity contribution is 5.79. The van der Waals surface area contributed by atoms with E-state index < -0.39 is 5.60 Å². The molecule has 0 aliphatic heterocycles. The fourth-order valence-electron chi connectivity index (χ4n) is 4.30. The molecule has 2 aromatic rings. The molecule has 4 rings (SSSR count). The van der Waals surface area contributed by atoms with E-state index in [-0.39, 0.29) is 5.41 Å². The van der Waals surface area contributed by atoms with Gasteiger partial charge in [-0.3, -0.25) is 0 Å². The molecule has 1 nitrogen and oxygen atoms in total. The van der Waals surface area contributed by atoms with Gasteiger partial charge in [-0.15, -0.1) is 0 Å². The minimum Gasteiger partial charge on any atom is -0.389 e. The van der Waals surface area contributed by atoms with Crippen LogP contribution in [0.15, 0.2) is 48.5 Å². The maximum Gasteiger partial charge on any atom is 0.0717 e. The Morgan fingerprint density at radius 1 is 0.800 bits per heavy atom. The second-order valence-corrected chi connectivity index (χ2v) is 7.00. The van der Waals surface area contributed by atoms with Crippen molar-refractivity contribution in [1.29, 1.82) is 0 Å². The highest BCUT2D eigenvalue weighted by atomic mass is 16.3. The quantitative estimate of drug-likeness (QED) is 0.818. The van der Waals surface area contributed by atoms with E-state index in [0.29, 0.717) is 11.8 Å². The summed E-state index contributed by atoms with van der Waals surface area (Å²) in [5.74, 6) is 0.618. The first-order valence-electron chi connectivity index (χ1n) is 7.37. The lowest BCUT2D eigenvalue weighted by molar-refractivity contribution is 0.120. The van der Waals surface area contributed by atoms with Crippen molar-refractivity contribution >= 4 is 0 Å². The number of hydrogen-bond acceptors (Lipinski definition) is 1. The van der Waals surface area contributed by atoms with Crippen molar-refractivity contribution in [2.75, 3.05) is 0 Å². The van der Waals surface area contributed by atoms with Gasteiger partial charge in [0.2, 0.25) is 0 Å². The Balaban J connectivity index is 1.94. The summed E-state index contributed by atoms with van der Waals surface area (Å²) in [5, 5.41) is 10.7. The van der Waals surface area contributed by atoms with Crippen LogP contribution < -0.4 is 0 Å². The molecule has 2 aliphatic carbocycles. The maximum atomic E-state index is 10.7. The van der Waals surface area contributed by atoms with Crippen LogP contribution in [0.3, 0.4) is 0 Å². The molecular formula is C19H20O. The van der Waals surface area contributed by atoms with Gasteiger partial charge in [0.1, 0.15) is 0 Å². The van der Waals surface area contributed by atoms with Crippen molar-refractivity contribution < 1.29 is 5.11 Å². The molecular weight excluding hydrogens is 244 g/mol. The van der Waals surface area contributed by atoms with Crippen LogP contribution in [0.4, 0.5) is 0 Å². The predicted octanol–water partition coefficient (Wildman–Crippen LogP) is 4.21. The van der Waals surface area contributed by atoms with Crippen LogP contribution in [0.25, 0.3) is 11.1 Å². The van der Waals surface area contributed by atoms with E-state index in [2.05, 4.69) is 62.4 Å². The Bertz CT molecular complexity index is 637. The Kier molecular flexibility index (Phi) is 2.15. The standard InChI is InChI=1S/C19H20O/c1-18(2)17(19(18,3)20)16-14-10-6-4-8-12(14)13-9-5-7-11-15(13)16/h4-11,16-17,20H,1-3H3/t17-,19+/m1/s1. The zero-order valence-electron chi connectivity index (χ0n) is 12.2. The molecule has 2 atom stereocenters. The van der Waals surface area contributed by atoms with Crippen molar-refractivity contribution in [2.24, 2.45) is 11.3 Å². The average molecular weight is 264 g/mol. The number of aliphatic hydroxyl groups is 1. The molecule has 2 aliphatic rings. The van der Waals surface area contributed by atoms with Crippen LogP contribution in [0, 0.1) is 11.3 Å². The third kappa shape index (κ3) is 1.27. The fraction of sp³-hybridized carbons (Fsp3) is 0.368. The summed E-state index contributed by atoms with van der Waals surface area (Å²) in [6.07, 6.45) is 0. The molecule has 1 heteroatoms. The van der Waals surface area contributed by atoms with Crippen LogP contribution in [-0.2, 0) is 0 Å². The molecule has 20 heavy (non-hydrogen) atoms. The van der Waals surface area contributed by atoms with E-state index in [9.17, 15) is 5.11 Å². The third-order valence-electron chi connectivity index (χ3n) is 5.82. The van der Waals surface area contributed by atoms with E-state index in [1.807, 2.05) is 6.92 Å². The molecule has 102 valence electrons. The zero-order chi connectivity index (χ0) is 14.1. The normalized spacial score (nSPS) is 29.9. The molecule has 1 N–H and O–H groups in total. The van der Waals surface area contributed by atoms with Gasteiger partial charge in [0.05, 0.1) is 5.60 Å². The minimum atomic E-state index is -0.581. The van der Waals surface area contributed by atoms with Gasteiger partial charge in [-0.2, -0.15) is 0 Å². The van der Waals surface area contributed by atoms with Crippen molar-refractivity contribution in [3.05, 3.63) is 59.7 Å². The summed E-state index contributed by atoms with van der Waals surface area (Å²) in [5.41, 5.74) is 4.83. The Morgan fingerprint density at radius 3 is 1.60 bits per heavy atom. The largest absolute Gasteiger partial charge is 0.389 e. The van der Waals surface area contributed by atoms with Gasteiger partial charge in [0, 0.05) is 17.3 Å². The summed E-state index contributed by atoms with van der Waals surface area (Å²) in [6.45, 7) is 6.35. The molecule has 0 aromatic heterocycles.